The monoisotopic (exact) mass is 190 g/mol. The molecule has 2 N–H and O–H groups in total. The molecule has 0 fully saturated rings. The molecule has 0 spiro atoms. The fourth-order valence-corrected chi connectivity index (χ4v) is 0.595. The molecule has 0 radical (unpaired) electrons. The van der Waals surface area contributed by atoms with Crippen LogP contribution in [-0.4, -0.2) is 6.09 Å². The van der Waals surface area contributed by atoms with E-state index in [0.717, 1.165) is 0 Å². The van der Waals surface area contributed by atoms with Gasteiger partial charge in [0.1, 0.15) is 0 Å². The Morgan fingerprint density at radius 1 is 2.00 bits per heavy atom. The molecular weight excluding hydrogens is 186 g/mol. The molecule has 0 rings (SSSR count). The van der Waals surface area contributed by atoms with Gasteiger partial charge in [-0.3, -0.25) is 0 Å². The predicted octanol–water partition coefficient (Wildman–Crippen LogP) is 0.192. The Morgan fingerprint density at radius 3 is 2.50 bits per heavy atom. The molecule has 0 aromatic rings. The van der Waals surface area contributed by atoms with Crippen LogP contribution in [-0.2, 0) is 20.5 Å². The third kappa shape index (κ3) is 4.18. The maximum absolute atomic E-state index is 9.57. The molecule has 1 amide bonds. The molecule has 0 saturated carbocycles. The van der Waals surface area contributed by atoms with Crippen molar-refractivity contribution in [3.63, 3.8) is 0 Å². The summed E-state index contributed by atoms with van der Waals surface area (Å²) in [5.41, 5.74) is 4.51. The van der Waals surface area contributed by atoms with Crippen molar-refractivity contribution in [2.24, 2.45) is 5.73 Å². The zero-order valence-electron chi connectivity index (χ0n) is 2.71. The molecule has 3 nitrogen and oxygen atoms in total. The van der Waals surface area contributed by atoms with E-state index in [2.05, 4.69) is 18.9 Å². The normalized spacial score (nSPS) is 6.67. The van der Waals surface area contributed by atoms with Gasteiger partial charge in [0, 0.05) is 0 Å². The van der Waals surface area contributed by atoms with E-state index in [1.165, 1.54) is 0 Å². The first kappa shape index (κ1) is 6.18. The van der Waals surface area contributed by atoms with Crippen LogP contribution in [0.1, 0.15) is 0 Å². The summed E-state index contributed by atoms with van der Waals surface area (Å²) in [6, 6.07) is 0. The number of carbonyl (C=O) groups is 1. The van der Waals surface area contributed by atoms with Crippen molar-refractivity contribution in [3.05, 3.63) is 0 Å². The molecule has 0 atom stereocenters. The van der Waals surface area contributed by atoms with E-state index in [9.17, 15) is 4.79 Å². The molecule has 0 aliphatic rings. The van der Waals surface area contributed by atoms with Gasteiger partial charge in [0.05, 0.1) is 0 Å². The van der Waals surface area contributed by atoms with Crippen LogP contribution in [0.25, 0.3) is 0 Å². The minimum absolute atomic E-state index is 0.757. The first-order valence-corrected chi connectivity index (χ1v) is 4.64. The van der Waals surface area contributed by atoms with Crippen molar-refractivity contribution >= 4 is 15.9 Å². The molecule has 0 heterocycles. The number of nitrogens with two attached hydrogens (primary N) is 1. The van der Waals surface area contributed by atoms with Crippen molar-refractivity contribution in [1.29, 1.82) is 0 Å². The third-order valence-electron chi connectivity index (χ3n) is 0.116. The van der Waals surface area contributed by atoms with Crippen LogP contribution in [0.15, 0.2) is 0 Å². The SMILES string of the molecule is NC(=O)[O][Mo]=[S]. The van der Waals surface area contributed by atoms with Crippen LogP contribution in [0.5, 0.6) is 0 Å². The van der Waals surface area contributed by atoms with Gasteiger partial charge in [0.25, 0.3) is 0 Å². The van der Waals surface area contributed by atoms with E-state index < -0.39 is 23.2 Å². The standard InChI is InChI=1S/CH3NO2.Mo.S/c2-1(3)4;;/h2H2,(H,3,4);;/q;+1;/p-1. The van der Waals surface area contributed by atoms with Crippen LogP contribution in [0.2, 0.25) is 0 Å². The Kier molecular flexibility index (Phi) is 3.47. The van der Waals surface area contributed by atoms with Crippen LogP contribution < -0.4 is 5.73 Å². The number of hydrogen-bond acceptors (Lipinski definition) is 3. The van der Waals surface area contributed by atoms with Gasteiger partial charge in [-0.25, -0.2) is 0 Å². The van der Waals surface area contributed by atoms with Gasteiger partial charge in [-0.15, -0.1) is 0 Å². The first-order valence-electron chi connectivity index (χ1n) is 1.03. The molecule has 35 valence electrons. The van der Waals surface area contributed by atoms with E-state index in [-0.39, 0.29) is 0 Å². The number of primary amides is 1. The van der Waals surface area contributed by atoms with Gasteiger partial charge in [0.2, 0.25) is 0 Å². The molecule has 0 aliphatic heterocycles. The fourth-order valence-electron chi connectivity index (χ4n) is 0.0335. The first-order chi connectivity index (χ1) is 2.77. The molecule has 0 aliphatic carbocycles. The van der Waals surface area contributed by atoms with E-state index in [1.807, 2.05) is 0 Å². The average Bonchev–Trinajstić information content (AvgIpc) is 1.35. The summed E-state index contributed by atoms with van der Waals surface area (Å²) in [6.45, 7) is 0. The number of carbonyl (C=O) groups excluding carboxylic acids is 1. The van der Waals surface area contributed by atoms with Crippen molar-refractivity contribution in [1.82, 2.24) is 0 Å². The van der Waals surface area contributed by atoms with Crippen molar-refractivity contribution in [2.75, 3.05) is 0 Å². The summed E-state index contributed by atoms with van der Waals surface area (Å²) in [4.78, 5) is 9.57. The molecule has 0 saturated heterocycles. The van der Waals surface area contributed by atoms with Crippen molar-refractivity contribution < 1.29 is 25.3 Å². The molecule has 5 heteroatoms. The average molecular weight is 188 g/mol. The van der Waals surface area contributed by atoms with Crippen LogP contribution in [0.4, 0.5) is 4.79 Å². The van der Waals surface area contributed by atoms with E-state index in [1.54, 1.807) is 0 Å². The number of hydrogen-bond donors (Lipinski definition) is 1. The second-order valence-corrected chi connectivity index (χ2v) is 2.02. The van der Waals surface area contributed by atoms with Gasteiger partial charge >= 0.3 is 47.0 Å². The zero-order valence-corrected chi connectivity index (χ0v) is 5.53. The van der Waals surface area contributed by atoms with Gasteiger partial charge in [-0.1, -0.05) is 0 Å². The molecule has 6 heavy (non-hydrogen) atoms. The van der Waals surface area contributed by atoms with Crippen LogP contribution in [0.3, 0.4) is 0 Å². The molecule has 0 unspecified atom stereocenters. The summed E-state index contributed by atoms with van der Waals surface area (Å²) in [5.74, 6) is 0. The van der Waals surface area contributed by atoms with Gasteiger partial charge < -0.3 is 0 Å². The van der Waals surface area contributed by atoms with Gasteiger partial charge in [-0.05, 0) is 0 Å². The number of amides is 1. The predicted molar refractivity (Wildman–Crippen MR) is 18.3 cm³/mol. The second kappa shape index (κ2) is 3.37. The summed E-state index contributed by atoms with van der Waals surface area (Å²) >= 11 is -0.963. The van der Waals surface area contributed by atoms with Crippen molar-refractivity contribution in [3.8, 4) is 0 Å². The summed E-state index contributed by atoms with van der Waals surface area (Å²) in [6.07, 6.45) is -0.757. The van der Waals surface area contributed by atoms with E-state index in [0.29, 0.717) is 0 Å². The summed E-state index contributed by atoms with van der Waals surface area (Å²) in [5, 5.41) is 0. The second-order valence-electron chi connectivity index (χ2n) is 0.470. The summed E-state index contributed by atoms with van der Waals surface area (Å²) in [7, 11) is 4.34. The van der Waals surface area contributed by atoms with Gasteiger partial charge in [0.15, 0.2) is 0 Å². The fraction of sp³-hybridized carbons (Fsp3) is 0. The Balaban J connectivity index is 3.05. The Bertz CT molecular complexity index is 73.9. The topological polar surface area (TPSA) is 52.3 Å². The Labute approximate surface area is 47.3 Å². The molecule has 0 bridgehead atoms. The molecule has 0 aromatic heterocycles. The maximum atomic E-state index is 9.57. The summed E-state index contributed by atoms with van der Waals surface area (Å²) < 4.78 is 4.13. The molecule has 0 aromatic carbocycles. The minimum atomic E-state index is -0.963. The number of rotatable bonds is 1. The van der Waals surface area contributed by atoms with Crippen molar-refractivity contribution in [2.45, 2.75) is 0 Å². The van der Waals surface area contributed by atoms with E-state index >= 15 is 0 Å². The quantitative estimate of drug-likeness (QED) is 0.597. The van der Waals surface area contributed by atoms with Crippen LogP contribution in [0, 0.1) is 0 Å². The molecular formula is CH2MoNO2S. The van der Waals surface area contributed by atoms with E-state index in [4.69, 9.17) is 0 Å². The Hall–Kier alpha value is 0.178. The Morgan fingerprint density at radius 2 is 2.50 bits per heavy atom. The van der Waals surface area contributed by atoms with Crippen LogP contribution >= 0.6 is 9.82 Å². The van der Waals surface area contributed by atoms with Gasteiger partial charge in [-0.2, -0.15) is 0 Å². The zero-order chi connectivity index (χ0) is 4.99. The third-order valence-corrected chi connectivity index (χ3v) is 1.09.